The molecule has 1 aromatic heterocycles. The molecule has 1 unspecified atom stereocenters. The topological polar surface area (TPSA) is 82.9 Å². The summed E-state index contributed by atoms with van der Waals surface area (Å²) < 4.78 is 18.7. The van der Waals surface area contributed by atoms with Gasteiger partial charge in [-0.05, 0) is 55.2 Å². The van der Waals surface area contributed by atoms with Crippen LogP contribution in [0.25, 0.3) is 5.69 Å². The Balaban J connectivity index is 1.29. The van der Waals surface area contributed by atoms with Crippen molar-refractivity contribution in [3.05, 3.63) is 64.9 Å². The van der Waals surface area contributed by atoms with E-state index in [1.807, 2.05) is 18.2 Å². The first-order valence-electron chi connectivity index (χ1n) is 11.6. The molecule has 35 heavy (non-hydrogen) atoms. The third-order valence-corrected chi connectivity index (χ3v) is 6.50. The fourth-order valence-corrected chi connectivity index (χ4v) is 4.23. The Morgan fingerprint density at radius 2 is 1.89 bits per heavy atom. The predicted octanol–water partition coefficient (Wildman–Crippen LogP) is 4.81. The van der Waals surface area contributed by atoms with Crippen LogP contribution in [0.3, 0.4) is 0 Å². The molecule has 0 N–H and O–H groups in total. The second kappa shape index (κ2) is 9.62. The van der Waals surface area contributed by atoms with Crippen LogP contribution in [0.4, 0.5) is 5.69 Å². The monoisotopic (exact) mass is 495 g/mol. The molecule has 1 saturated carbocycles. The maximum atomic E-state index is 13.1. The van der Waals surface area contributed by atoms with E-state index in [0.29, 0.717) is 52.3 Å². The highest BCUT2D eigenvalue weighted by Gasteiger charge is 2.35. The zero-order valence-electron chi connectivity index (χ0n) is 19.6. The van der Waals surface area contributed by atoms with Crippen molar-refractivity contribution in [2.24, 2.45) is 5.92 Å². The zero-order valence-corrected chi connectivity index (χ0v) is 20.3. The lowest BCUT2D eigenvalue weighted by Crippen LogP contribution is -2.27. The molecule has 3 aromatic rings. The molecule has 1 amide bonds. The van der Waals surface area contributed by atoms with Crippen molar-refractivity contribution in [1.82, 2.24) is 9.78 Å². The number of carbonyl (C=O) groups is 2. The maximum absolute atomic E-state index is 13.1. The SMILES string of the molecule is CCC(=O)OC(COc1ccc(N2Cc3nn(-c4ccc(Cl)cc4)cc3C2=O)cc1OC)C1CC1. The highest BCUT2D eigenvalue weighted by atomic mass is 35.5. The summed E-state index contributed by atoms with van der Waals surface area (Å²) in [6.07, 6.45) is 3.89. The average Bonchev–Trinajstić information content (AvgIpc) is 3.56. The van der Waals surface area contributed by atoms with Gasteiger partial charge >= 0.3 is 5.97 Å². The van der Waals surface area contributed by atoms with Crippen LogP contribution >= 0.6 is 11.6 Å². The van der Waals surface area contributed by atoms with Gasteiger partial charge in [0, 0.05) is 29.4 Å². The number of aromatic nitrogens is 2. The zero-order chi connectivity index (χ0) is 24.5. The second-order valence-electron chi connectivity index (χ2n) is 8.67. The summed E-state index contributed by atoms with van der Waals surface area (Å²) in [7, 11) is 1.55. The number of hydrogen-bond donors (Lipinski definition) is 0. The van der Waals surface area contributed by atoms with Gasteiger partial charge in [0.1, 0.15) is 12.7 Å². The van der Waals surface area contributed by atoms with Gasteiger partial charge in [-0.15, -0.1) is 0 Å². The Morgan fingerprint density at radius 1 is 1.14 bits per heavy atom. The summed E-state index contributed by atoms with van der Waals surface area (Å²) in [4.78, 5) is 26.5. The Bertz CT molecular complexity index is 1250. The number of fused-ring (bicyclic) bond motifs is 1. The van der Waals surface area contributed by atoms with Crippen LogP contribution in [0.1, 0.15) is 42.2 Å². The number of esters is 1. The number of halogens is 1. The number of anilines is 1. The second-order valence-corrected chi connectivity index (χ2v) is 9.10. The van der Waals surface area contributed by atoms with Crippen LogP contribution < -0.4 is 14.4 Å². The minimum Gasteiger partial charge on any atom is -0.493 e. The van der Waals surface area contributed by atoms with Crippen LogP contribution in [0.5, 0.6) is 11.5 Å². The number of ether oxygens (including phenoxy) is 3. The molecule has 0 radical (unpaired) electrons. The Labute approximate surface area is 208 Å². The van der Waals surface area contributed by atoms with E-state index in [4.69, 9.17) is 25.8 Å². The molecule has 2 aliphatic rings. The Morgan fingerprint density at radius 3 is 2.54 bits per heavy atom. The van der Waals surface area contributed by atoms with E-state index in [2.05, 4.69) is 5.10 Å². The van der Waals surface area contributed by atoms with Crippen LogP contribution in [-0.2, 0) is 16.1 Å². The third kappa shape index (κ3) is 4.84. The highest BCUT2D eigenvalue weighted by Crippen LogP contribution is 2.38. The van der Waals surface area contributed by atoms with E-state index in [1.165, 1.54) is 0 Å². The summed E-state index contributed by atoms with van der Waals surface area (Å²) >= 11 is 5.97. The van der Waals surface area contributed by atoms with Gasteiger partial charge in [0.15, 0.2) is 11.5 Å². The average molecular weight is 496 g/mol. The minimum absolute atomic E-state index is 0.129. The minimum atomic E-state index is -0.264. The molecule has 5 rings (SSSR count). The lowest BCUT2D eigenvalue weighted by molar-refractivity contribution is -0.151. The van der Waals surface area contributed by atoms with Crippen molar-refractivity contribution in [3.8, 4) is 17.2 Å². The van der Waals surface area contributed by atoms with Gasteiger partial charge in [-0.1, -0.05) is 18.5 Å². The molecule has 1 atom stereocenters. The third-order valence-electron chi connectivity index (χ3n) is 6.25. The number of rotatable bonds is 9. The maximum Gasteiger partial charge on any atom is 0.305 e. The van der Waals surface area contributed by atoms with Crippen LogP contribution in [-0.4, -0.2) is 41.5 Å². The van der Waals surface area contributed by atoms with Gasteiger partial charge < -0.3 is 19.1 Å². The van der Waals surface area contributed by atoms with E-state index in [-0.39, 0.29) is 24.6 Å². The van der Waals surface area contributed by atoms with Gasteiger partial charge in [0.25, 0.3) is 5.91 Å². The molecule has 1 aliphatic heterocycles. The van der Waals surface area contributed by atoms with Crippen molar-refractivity contribution in [1.29, 1.82) is 0 Å². The molecular formula is C26H26ClN3O5. The number of benzene rings is 2. The Hall–Kier alpha value is -3.52. The van der Waals surface area contributed by atoms with Crippen LogP contribution in [0.2, 0.25) is 5.02 Å². The molecule has 1 fully saturated rings. The molecule has 8 nitrogen and oxygen atoms in total. The van der Waals surface area contributed by atoms with Gasteiger partial charge in [0.2, 0.25) is 0 Å². The van der Waals surface area contributed by atoms with E-state index in [1.54, 1.807) is 54.1 Å². The fourth-order valence-electron chi connectivity index (χ4n) is 4.11. The van der Waals surface area contributed by atoms with E-state index >= 15 is 0 Å². The number of amides is 1. The number of methoxy groups -OCH3 is 1. The molecule has 182 valence electrons. The number of nitrogens with zero attached hydrogens (tertiary/aromatic N) is 3. The molecule has 9 heteroatoms. The lowest BCUT2D eigenvalue weighted by Gasteiger charge is -2.21. The van der Waals surface area contributed by atoms with Gasteiger partial charge in [-0.2, -0.15) is 5.10 Å². The van der Waals surface area contributed by atoms with Crippen molar-refractivity contribution < 1.29 is 23.8 Å². The molecule has 0 spiro atoms. The molecule has 2 heterocycles. The van der Waals surface area contributed by atoms with Gasteiger partial charge in [-0.3, -0.25) is 9.59 Å². The lowest BCUT2D eigenvalue weighted by atomic mass is 10.2. The highest BCUT2D eigenvalue weighted by molar-refractivity contribution is 6.30. The van der Waals surface area contributed by atoms with Crippen LogP contribution in [0.15, 0.2) is 48.7 Å². The molecule has 2 aromatic carbocycles. The van der Waals surface area contributed by atoms with E-state index in [9.17, 15) is 9.59 Å². The first-order chi connectivity index (χ1) is 17.0. The molecular weight excluding hydrogens is 470 g/mol. The summed E-state index contributed by atoms with van der Waals surface area (Å²) in [5.74, 6) is 1.03. The first kappa shape index (κ1) is 23.2. The summed E-state index contributed by atoms with van der Waals surface area (Å²) in [5, 5.41) is 5.23. The van der Waals surface area contributed by atoms with E-state index in [0.717, 1.165) is 18.5 Å². The van der Waals surface area contributed by atoms with Crippen LogP contribution in [0, 0.1) is 5.92 Å². The number of carbonyl (C=O) groups excluding carboxylic acids is 2. The van der Waals surface area contributed by atoms with Crippen molar-refractivity contribution in [3.63, 3.8) is 0 Å². The Kier molecular flexibility index (Phi) is 6.38. The molecule has 1 aliphatic carbocycles. The normalized spacial score (nSPS) is 15.6. The fraction of sp³-hybridized carbons (Fsp3) is 0.346. The quantitative estimate of drug-likeness (QED) is 0.396. The summed E-state index contributed by atoms with van der Waals surface area (Å²) in [6.45, 7) is 2.40. The standard InChI is InChI=1S/C26H26ClN3O5/c1-3-25(31)35-24(16-4-5-16)15-34-22-11-10-19(12-23(22)33-2)29-14-21-20(26(29)32)13-30(28-21)18-8-6-17(27)7-9-18/h6-13,16,24H,3-5,14-15H2,1-2H3. The van der Waals surface area contributed by atoms with Crippen molar-refractivity contribution >= 4 is 29.2 Å². The van der Waals surface area contributed by atoms with Gasteiger partial charge in [-0.25, -0.2) is 4.68 Å². The van der Waals surface area contributed by atoms with Crippen molar-refractivity contribution in [2.45, 2.75) is 38.8 Å². The smallest absolute Gasteiger partial charge is 0.305 e. The van der Waals surface area contributed by atoms with Gasteiger partial charge in [0.05, 0.1) is 30.6 Å². The predicted molar refractivity (Wildman–Crippen MR) is 130 cm³/mol. The summed E-state index contributed by atoms with van der Waals surface area (Å²) in [5.41, 5.74) is 2.78. The largest absolute Gasteiger partial charge is 0.493 e. The van der Waals surface area contributed by atoms with E-state index < -0.39 is 0 Å². The first-order valence-corrected chi connectivity index (χ1v) is 12.0. The molecule has 0 bridgehead atoms. The van der Waals surface area contributed by atoms with Crippen molar-refractivity contribution in [2.75, 3.05) is 18.6 Å². The molecule has 0 saturated heterocycles. The summed E-state index contributed by atoms with van der Waals surface area (Å²) in [6, 6.07) is 12.6. The number of hydrogen-bond acceptors (Lipinski definition) is 6.